The van der Waals surface area contributed by atoms with Gasteiger partial charge < -0.3 is 20.2 Å². The van der Waals surface area contributed by atoms with Gasteiger partial charge in [-0.3, -0.25) is 9.59 Å². The first kappa shape index (κ1) is 17.3. The molecule has 8 nitrogen and oxygen atoms in total. The minimum absolute atomic E-state index is 0.0768. The second-order valence-electron chi connectivity index (χ2n) is 6.91. The largest absolute Gasteiger partial charge is 0.368 e. The lowest BCUT2D eigenvalue weighted by molar-refractivity contribution is -0.131. The van der Waals surface area contributed by atoms with E-state index in [1.165, 1.54) is 0 Å². The predicted octanol–water partition coefficient (Wildman–Crippen LogP) is 1.19. The van der Waals surface area contributed by atoms with E-state index in [4.69, 9.17) is 5.73 Å². The Morgan fingerprint density at radius 1 is 1.22 bits per heavy atom. The quantitative estimate of drug-likeness (QED) is 0.707. The minimum atomic E-state index is -0.382. The van der Waals surface area contributed by atoms with Crippen molar-refractivity contribution in [3.63, 3.8) is 0 Å². The number of carbonyl (C=O) groups excluding carboxylic acids is 2. The third kappa shape index (κ3) is 3.69. The fourth-order valence-electron chi connectivity index (χ4n) is 3.71. The van der Waals surface area contributed by atoms with Crippen LogP contribution in [0.1, 0.15) is 30.4 Å². The summed E-state index contributed by atoms with van der Waals surface area (Å²) in [6.45, 7) is 1.49. The first-order chi connectivity index (χ1) is 13.1. The van der Waals surface area contributed by atoms with Gasteiger partial charge in [0, 0.05) is 31.4 Å². The molecule has 0 aliphatic carbocycles. The average molecular weight is 366 g/mol. The van der Waals surface area contributed by atoms with Gasteiger partial charge in [-0.25, -0.2) is 9.97 Å². The van der Waals surface area contributed by atoms with Gasteiger partial charge in [-0.15, -0.1) is 0 Å². The van der Waals surface area contributed by atoms with Gasteiger partial charge in [0.25, 0.3) is 0 Å². The molecule has 0 unspecified atom stereocenters. The van der Waals surface area contributed by atoms with Crippen molar-refractivity contribution < 1.29 is 9.59 Å². The number of likely N-dealkylation sites (tertiary alicyclic amines) is 1. The highest BCUT2D eigenvalue weighted by atomic mass is 16.2. The van der Waals surface area contributed by atoms with Gasteiger partial charge in [0.05, 0.1) is 17.5 Å². The van der Waals surface area contributed by atoms with Crippen LogP contribution in [-0.2, 0) is 22.6 Å². The number of H-pyrrole nitrogens is 1. The molecule has 1 fully saturated rings. The Morgan fingerprint density at radius 2 is 2.00 bits per heavy atom. The Morgan fingerprint density at radius 3 is 2.74 bits per heavy atom. The summed E-state index contributed by atoms with van der Waals surface area (Å²) in [6.07, 6.45) is 5.38. The number of hydrogen-bond donors (Lipinski definition) is 2. The zero-order chi connectivity index (χ0) is 18.8. The third-order valence-electron chi connectivity index (χ3n) is 5.04. The number of aromatic nitrogens is 4. The van der Waals surface area contributed by atoms with Crippen molar-refractivity contribution in [3.8, 4) is 0 Å². The number of carbonyl (C=O) groups is 2. The second kappa shape index (κ2) is 7.22. The molecule has 0 bridgehead atoms. The molecule has 0 spiro atoms. The van der Waals surface area contributed by atoms with E-state index < -0.39 is 0 Å². The molecule has 3 N–H and O–H groups in total. The minimum Gasteiger partial charge on any atom is -0.368 e. The van der Waals surface area contributed by atoms with Crippen LogP contribution in [0.15, 0.2) is 36.7 Å². The van der Waals surface area contributed by atoms with Crippen molar-refractivity contribution in [1.29, 1.82) is 0 Å². The van der Waals surface area contributed by atoms with E-state index in [1.807, 2.05) is 29.2 Å². The van der Waals surface area contributed by atoms with Crippen LogP contribution in [0.25, 0.3) is 11.0 Å². The van der Waals surface area contributed by atoms with Crippen molar-refractivity contribution in [2.75, 3.05) is 13.1 Å². The third-order valence-corrected chi connectivity index (χ3v) is 5.04. The molecule has 2 amide bonds. The van der Waals surface area contributed by atoms with Crippen LogP contribution in [-0.4, -0.2) is 49.3 Å². The number of imidazole rings is 2. The van der Waals surface area contributed by atoms with Crippen LogP contribution in [0.2, 0.25) is 0 Å². The summed E-state index contributed by atoms with van der Waals surface area (Å²) in [5, 5.41) is 0. The van der Waals surface area contributed by atoms with Gasteiger partial charge in [0.1, 0.15) is 18.2 Å². The summed E-state index contributed by atoms with van der Waals surface area (Å²) in [7, 11) is 0. The summed E-state index contributed by atoms with van der Waals surface area (Å²) < 4.78 is 1.80. The van der Waals surface area contributed by atoms with Gasteiger partial charge in [0.2, 0.25) is 11.8 Å². The number of benzene rings is 1. The van der Waals surface area contributed by atoms with Crippen LogP contribution in [0, 0.1) is 0 Å². The maximum Gasteiger partial charge on any atom is 0.237 e. The van der Waals surface area contributed by atoms with Crippen LogP contribution in [0.4, 0.5) is 0 Å². The molecule has 0 saturated carbocycles. The lowest BCUT2D eigenvalue weighted by atomic mass is 9.95. The topological polar surface area (TPSA) is 110 Å². The van der Waals surface area contributed by atoms with E-state index in [2.05, 4.69) is 15.0 Å². The van der Waals surface area contributed by atoms with Gasteiger partial charge in [0.15, 0.2) is 0 Å². The predicted molar refractivity (Wildman–Crippen MR) is 99.8 cm³/mol. The number of nitrogens with zero attached hydrogens (tertiary/aromatic N) is 4. The number of rotatable bonds is 5. The molecule has 3 aromatic rings. The highest BCUT2D eigenvalue weighted by Gasteiger charge is 2.27. The van der Waals surface area contributed by atoms with E-state index in [-0.39, 0.29) is 30.7 Å². The van der Waals surface area contributed by atoms with Gasteiger partial charge in [-0.2, -0.15) is 0 Å². The fraction of sp³-hybridized carbons (Fsp3) is 0.368. The number of hydrogen-bond acceptors (Lipinski definition) is 4. The zero-order valence-electron chi connectivity index (χ0n) is 15.0. The molecule has 3 heterocycles. The molecule has 1 aromatic carbocycles. The average Bonchev–Trinajstić information content (AvgIpc) is 3.27. The smallest absolute Gasteiger partial charge is 0.237 e. The number of amides is 2. The molecule has 4 rings (SSSR count). The Hall–Kier alpha value is -3.16. The van der Waals surface area contributed by atoms with Crippen LogP contribution in [0.5, 0.6) is 0 Å². The normalized spacial score (nSPS) is 15.3. The summed E-state index contributed by atoms with van der Waals surface area (Å²) in [5.74, 6) is 1.49. The van der Waals surface area contributed by atoms with E-state index in [0.29, 0.717) is 18.9 Å². The zero-order valence-corrected chi connectivity index (χ0v) is 15.0. The van der Waals surface area contributed by atoms with E-state index in [9.17, 15) is 9.59 Å². The van der Waals surface area contributed by atoms with Crippen molar-refractivity contribution in [1.82, 2.24) is 24.4 Å². The summed E-state index contributed by atoms with van der Waals surface area (Å²) >= 11 is 0. The molecule has 0 atom stereocenters. The standard InChI is InChI=1S/C19H22N6O2/c20-16(26)12-25-10-7-21-19(25)13-5-8-24(9-6-13)18(27)11-17-22-14-3-1-2-4-15(14)23-17/h1-4,7,10,13H,5-6,8-9,11-12H2,(H2,20,26)(H,22,23). The number of nitrogens with one attached hydrogen (secondary N) is 1. The van der Waals surface area contributed by atoms with E-state index in [1.54, 1.807) is 17.0 Å². The van der Waals surface area contributed by atoms with Gasteiger partial charge in [-0.1, -0.05) is 12.1 Å². The highest BCUT2D eigenvalue weighted by molar-refractivity contribution is 5.80. The molecule has 140 valence electrons. The van der Waals surface area contributed by atoms with E-state index >= 15 is 0 Å². The van der Waals surface area contributed by atoms with E-state index in [0.717, 1.165) is 29.7 Å². The van der Waals surface area contributed by atoms with Crippen molar-refractivity contribution in [3.05, 3.63) is 48.3 Å². The first-order valence-electron chi connectivity index (χ1n) is 9.11. The molecule has 8 heteroatoms. The van der Waals surface area contributed by atoms with Crippen LogP contribution >= 0.6 is 0 Å². The van der Waals surface area contributed by atoms with Crippen molar-refractivity contribution in [2.45, 2.75) is 31.7 Å². The number of aromatic amines is 1. The fourth-order valence-corrected chi connectivity index (χ4v) is 3.71. The number of fused-ring (bicyclic) bond motifs is 1. The van der Waals surface area contributed by atoms with Crippen molar-refractivity contribution in [2.24, 2.45) is 5.73 Å². The number of piperidine rings is 1. The number of para-hydroxylation sites is 2. The van der Waals surface area contributed by atoms with Crippen LogP contribution < -0.4 is 5.73 Å². The number of nitrogens with two attached hydrogens (primary N) is 1. The Bertz CT molecular complexity index is 934. The maximum absolute atomic E-state index is 12.6. The molecule has 2 aromatic heterocycles. The Kier molecular flexibility index (Phi) is 4.62. The second-order valence-corrected chi connectivity index (χ2v) is 6.91. The lowest BCUT2D eigenvalue weighted by Gasteiger charge is -2.31. The first-order valence-corrected chi connectivity index (χ1v) is 9.11. The Labute approximate surface area is 156 Å². The molecule has 1 saturated heterocycles. The summed E-state index contributed by atoms with van der Waals surface area (Å²) in [6, 6.07) is 7.76. The molecule has 1 aliphatic heterocycles. The maximum atomic E-state index is 12.6. The summed E-state index contributed by atoms with van der Waals surface area (Å²) in [5.41, 5.74) is 7.12. The van der Waals surface area contributed by atoms with Crippen LogP contribution in [0.3, 0.4) is 0 Å². The lowest BCUT2D eigenvalue weighted by Crippen LogP contribution is -2.39. The molecule has 1 aliphatic rings. The highest BCUT2D eigenvalue weighted by Crippen LogP contribution is 2.27. The van der Waals surface area contributed by atoms with Gasteiger partial charge >= 0.3 is 0 Å². The molecular formula is C19H22N6O2. The molecule has 27 heavy (non-hydrogen) atoms. The Balaban J connectivity index is 1.36. The SMILES string of the molecule is NC(=O)Cn1ccnc1C1CCN(C(=O)Cc2nc3ccccc3[nH]2)CC1. The summed E-state index contributed by atoms with van der Waals surface area (Å²) in [4.78, 5) is 37.8. The number of primary amides is 1. The molecule has 0 radical (unpaired) electrons. The van der Waals surface area contributed by atoms with Crippen molar-refractivity contribution >= 4 is 22.8 Å². The molecular weight excluding hydrogens is 344 g/mol. The van der Waals surface area contributed by atoms with Gasteiger partial charge in [-0.05, 0) is 25.0 Å². The monoisotopic (exact) mass is 366 g/mol.